The highest BCUT2D eigenvalue weighted by atomic mass is 16.5. The Morgan fingerprint density at radius 3 is 2.57 bits per heavy atom. The molecule has 1 aliphatic carbocycles. The van der Waals surface area contributed by atoms with Crippen LogP contribution < -0.4 is 10.1 Å². The van der Waals surface area contributed by atoms with Crippen LogP contribution in [0.1, 0.15) is 51.2 Å². The van der Waals surface area contributed by atoms with Gasteiger partial charge in [-0.25, -0.2) is 0 Å². The van der Waals surface area contributed by atoms with Crippen molar-refractivity contribution in [2.24, 2.45) is 11.8 Å². The molecule has 0 saturated heterocycles. The van der Waals surface area contributed by atoms with Crippen molar-refractivity contribution in [3.8, 4) is 5.75 Å². The van der Waals surface area contributed by atoms with Crippen LogP contribution >= 0.6 is 0 Å². The second kappa shape index (κ2) is 7.31. The molecule has 4 atom stereocenters. The zero-order valence-electron chi connectivity index (χ0n) is 14.3. The van der Waals surface area contributed by atoms with E-state index < -0.39 is 0 Å². The zero-order chi connectivity index (χ0) is 15.4. The maximum Gasteiger partial charge on any atom is 0.120 e. The van der Waals surface area contributed by atoms with E-state index in [2.05, 4.69) is 58.1 Å². The lowest BCUT2D eigenvalue weighted by atomic mass is 9.78. The summed E-state index contributed by atoms with van der Waals surface area (Å²) in [5, 5.41) is 3.70. The monoisotopic (exact) mass is 289 g/mol. The predicted octanol–water partition coefficient (Wildman–Crippen LogP) is 4.49. The summed E-state index contributed by atoms with van der Waals surface area (Å²) in [4.78, 5) is 0. The molecule has 1 aromatic carbocycles. The Hall–Kier alpha value is -1.02. The van der Waals surface area contributed by atoms with Crippen LogP contribution in [-0.2, 0) is 0 Å². The minimum Gasteiger partial charge on any atom is -0.489 e. The molecule has 0 aliphatic heterocycles. The first-order chi connectivity index (χ1) is 10.0. The summed E-state index contributed by atoms with van der Waals surface area (Å²) < 4.78 is 6.40. The van der Waals surface area contributed by atoms with Gasteiger partial charge in [0.2, 0.25) is 0 Å². The quantitative estimate of drug-likeness (QED) is 0.862. The summed E-state index contributed by atoms with van der Waals surface area (Å²) in [7, 11) is 0. The molecule has 1 saturated carbocycles. The predicted molar refractivity (Wildman–Crippen MR) is 90.0 cm³/mol. The number of hydrogen-bond donors (Lipinski definition) is 1. The van der Waals surface area contributed by atoms with Gasteiger partial charge in [0, 0.05) is 6.04 Å². The Balaban J connectivity index is 2.10. The highest BCUT2D eigenvalue weighted by molar-refractivity contribution is 5.34. The third kappa shape index (κ3) is 4.23. The maximum absolute atomic E-state index is 6.40. The summed E-state index contributed by atoms with van der Waals surface area (Å²) >= 11 is 0. The van der Waals surface area contributed by atoms with Crippen LogP contribution in [-0.4, -0.2) is 18.7 Å². The van der Waals surface area contributed by atoms with E-state index in [1.165, 1.54) is 30.4 Å². The van der Waals surface area contributed by atoms with Crippen molar-refractivity contribution in [3.05, 3.63) is 29.3 Å². The van der Waals surface area contributed by atoms with Gasteiger partial charge in [-0.3, -0.25) is 0 Å². The molecule has 1 N–H and O–H groups in total. The third-order valence-electron chi connectivity index (χ3n) is 4.79. The van der Waals surface area contributed by atoms with Gasteiger partial charge in [0.15, 0.2) is 0 Å². The highest BCUT2D eigenvalue weighted by Crippen LogP contribution is 2.32. The van der Waals surface area contributed by atoms with Gasteiger partial charge in [-0.2, -0.15) is 0 Å². The van der Waals surface area contributed by atoms with E-state index in [9.17, 15) is 0 Å². The topological polar surface area (TPSA) is 21.3 Å². The molecule has 2 heteroatoms. The normalized spacial score (nSPS) is 29.4. The van der Waals surface area contributed by atoms with Gasteiger partial charge < -0.3 is 10.1 Å². The lowest BCUT2D eigenvalue weighted by Crippen LogP contribution is -2.51. The molecule has 0 heterocycles. The summed E-state index contributed by atoms with van der Waals surface area (Å²) in [6, 6.07) is 6.93. The average molecular weight is 289 g/mol. The van der Waals surface area contributed by atoms with Crippen LogP contribution in [0.4, 0.5) is 0 Å². The van der Waals surface area contributed by atoms with Crippen LogP contribution in [0.2, 0.25) is 0 Å². The van der Waals surface area contributed by atoms with Crippen LogP contribution in [0.25, 0.3) is 0 Å². The highest BCUT2D eigenvalue weighted by Gasteiger charge is 2.35. The molecule has 0 spiro atoms. The number of nitrogens with one attached hydrogen (secondary N) is 1. The lowest BCUT2D eigenvalue weighted by molar-refractivity contribution is 0.0477. The smallest absolute Gasteiger partial charge is 0.120 e. The SMILES string of the molecule is CCCNC1CC(C)CC(C)C1Oc1ccc(C)c(C)c1. The molecule has 0 amide bonds. The first kappa shape index (κ1) is 16.4. The third-order valence-corrected chi connectivity index (χ3v) is 4.79. The van der Waals surface area contributed by atoms with Gasteiger partial charge in [-0.1, -0.05) is 26.8 Å². The van der Waals surface area contributed by atoms with Crippen molar-refractivity contribution in [2.75, 3.05) is 6.54 Å². The van der Waals surface area contributed by atoms with Crippen LogP contribution in [0.3, 0.4) is 0 Å². The van der Waals surface area contributed by atoms with Crippen molar-refractivity contribution in [1.82, 2.24) is 5.32 Å². The van der Waals surface area contributed by atoms with Crippen molar-refractivity contribution < 1.29 is 4.74 Å². The molecule has 1 aliphatic rings. The Bertz CT molecular complexity index is 457. The van der Waals surface area contributed by atoms with E-state index in [-0.39, 0.29) is 6.10 Å². The average Bonchev–Trinajstić information content (AvgIpc) is 2.43. The van der Waals surface area contributed by atoms with E-state index in [4.69, 9.17) is 4.74 Å². The number of ether oxygens (including phenoxy) is 1. The second-order valence-electron chi connectivity index (χ2n) is 6.94. The van der Waals surface area contributed by atoms with E-state index in [0.717, 1.165) is 18.2 Å². The van der Waals surface area contributed by atoms with Gasteiger partial charge in [-0.15, -0.1) is 0 Å². The molecule has 21 heavy (non-hydrogen) atoms. The van der Waals surface area contributed by atoms with Crippen molar-refractivity contribution in [3.63, 3.8) is 0 Å². The summed E-state index contributed by atoms with van der Waals surface area (Å²) in [5.74, 6) is 2.41. The van der Waals surface area contributed by atoms with E-state index >= 15 is 0 Å². The fourth-order valence-electron chi connectivity index (χ4n) is 3.50. The van der Waals surface area contributed by atoms with Gasteiger partial charge in [0.25, 0.3) is 0 Å². The van der Waals surface area contributed by atoms with Gasteiger partial charge >= 0.3 is 0 Å². The van der Waals surface area contributed by atoms with Gasteiger partial charge in [0.05, 0.1) is 0 Å². The Morgan fingerprint density at radius 2 is 1.90 bits per heavy atom. The first-order valence-corrected chi connectivity index (χ1v) is 8.48. The molecule has 118 valence electrons. The van der Waals surface area contributed by atoms with Crippen molar-refractivity contribution in [1.29, 1.82) is 0 Å². The van der Waals surface area contributed by atoms with Crippen LogP contribution in [0.15, 0.2) is 18.2 Å². The number of benzene rings is 1. The second-order valence-corrected chi connectivity index (χ2v) is 6.94. The standard InChI is InChI=1S/C19H31NO/c1-6-9-20-18-11-13(2)10-16(5)19(18)21-17-8-7-14(3)15(4)12-17/h7-8,12-13,16,18-20H,6,9-11H2,1-5H3. The fraction of sp³-hybridized carbons (Fsp3) is 0.684. The minimum atomic E-state index is 0.287. The lowest BCUT2D eigenvalue weighted by Gasteiger charge is -2.40. The molecule has 4 unspecified atom stereocenters. The zero-order valence-corrected chi connectivity index (χ0v) is 14.3. The Kier molecular flexibility index (Phi) is 5.69. The molecule has 2 rings (SSSR count). The molecular formula is C19H31NO. The van der Waals surface area contributed by atoms with Gasteiger partial charge in [-0.05, 0) is 74.8 Å². The largest absolute Gasteiger partial charge is 0.489 e. The summed E-state index contributed by atoms with van der Waals surface area (Å²) in [6.45, 7) is 12.3. The number of rotatable bonds is 5. The first-order valence-electron chi connectivity index (χ1n) is 8.48. The van der Waals surface area contributed by atoms with Crippen LogP contribution in [0, 0.1) is 25.7 Å². The molecule has 0 bridgehead atoms. The number of hydrogen-bond acceptors (Lipinski definition) is 2. The molecular weight excluding hydrogens is 258 g/mol. The minimum absolute atomic E-state index is 0.287. The molecule has 1 aromatic rings. The molecule has 0 radical (unpaired) electrons. The summed E-state index contributed by atoms with van der Waals surface area (Å²) in [5.41, 5.74) is 2.63. The van der Waals surface area contributed by atoms with Crippen LogP contribution in [0.5, 0.6) is 5.75 Å². The van der Waals surface area contributed by atoms with Gasteiger partial charge in [0.1, 0.15) is 11.9 Å². The maximum atomic E-state index is 6.40. The van der Waals surface area contributed by atoms with Crippen molar-refractivity contribution in [2.45, 2.75) is 66.0 Å². The van der Waals surface area contributed by atoms with E-state index in [0.29, 0.717) is 12.0 Å². The molecule has 2 nitrogen and oxygen atoms in total. The fourth-order valence-corrected chi connectivity index (χ4v) is 3.50. The Morgan fingerprint density at radius 1 is 1.14 bits per heavy atom. The molecule has 0 aromatic heterocycles. The Labute approximate surface area is 130 Å². The summed E-state index contributed by atoms with van der Waals surface area (Å²) in [6.07, 6.45) is 3.95. The van der Waals surface area contributed by atoms with E-state index in [1.807, 2.05) is 0 Å². The van der Waals surface area contributed by atoms with E-state index in [1.54, 1.807) is 0 Å². The van der Waals surface area contributed by atoms with Crippen molar-refractivity contribution >= 4 is 0 Å². The number of aryl methyl sites for hydroxylation is 2. The molecule has 1 fully saturated rings.